The van der Waals surface area contributed by atoms with Crippen LogP contribution in [0.1, 0.15) is 11.1 Å². The van der Waals surface area contributed by atoms with Gasteiger partial charge in [0.25, 0.3) is 0 Å². The second kappa shape index (κ2) is 4.37. The molecule has 0 aromatic heterocycles. The Morgan fingerprint density at radius 2 is 1.70 bits per heavy atom. The third kappa shape index (κ3) is 2.60. The lowest BCUT2D eigenvalue weighted by Crippen LogP contribution is -1.77. The van der Waals surface area contributed by atoms with Crippen LogP contribution in [-0.4, -0.2) is 23.1 Å². The Hall–Kier alpha value is 0.466. The number of hydrogen-bond acceptors (Lipinski definition) is 0. The summed E-state index contributed by atoms with van der Waals surface area (Å²) in [5, 5.41) is 0. The monoisotopic (exact) mass is 210 g/mol. The zero-order valence-electron chi connectivity index (χ0n) is 5.61. The molecule has 0 nitrogen and oxygen atoms in total. The van der Waals surface area contributed by atoms with E-state index in [1.54, 1.807) is 0 Å². The van der Waals surface area contributed by atoms with Crippen molar-refractivity contribution in [1.29, 1.82) is 0 Å². The summed E-state index contributed by atoms with van der Waals surface area (Å²) >= 11 is 3.40. The van der Waals surface area contributed by atoms with Gasteiger partial charge in [-0.05, 0) is 37.1 Å². The van der Waals surface area contributed by atoms with Crippen molar-refractivity contribution in [3.05, 3.63) is 33.8 Å². The van der Waals surface area contributed by atoms with Gasteiger partial charge in [-0.25, -0.2) is 0 Å². The predicted octanol–water partition coefficient (Wildman–Crippen LogP) is 2.15. The maximum atomic E-state index is 3.40. The van der Waals surface area contributed by atoms with Crippen molar-refractivity contribution in [2.45, 2.75) is 13.8 Å². The van der Waals surface area contributed by atoms with Crippen LogP contribution in [0.2, 0.25) is 0 Å². The van der Waals surface area contributed by atoms with E-state index in [9.17, 15) is 0 Å². The maximum absolute atomic E-state index is 3.40. The fourth-order valence-corrected chi connectivity index (χ4v) is 1.18. The van der Waals surface area contributed by atoms with Crippen LogP contribution in [-0.2, 0) is 0 Å². The Labute approximate surface area is 86.3 Å². The topological polar surface area (TPSA) is 0 Å². The molecule has 0 atom stereocenters. The van der Waals surface area contributed by atoms with E-state index in [-0.39, 0.29) is 23.1 Å². The first-order chi connectivity index (χ1) is 4.20. The van der Waals surface area contributed by atoms with E-state index in [4.69, 9.17) is 0 Å². The highest BCUT2D eigenvalue weighted by Crippen LogP contribution is 2.14. The van der Waals surface area contributed by atoms with Gasteiger partial charge >= 0.3 is 23.1 Å². The lowest BCUT2D eigenvalue weighted by Gasteiger charge is -1.97. The van der Waals surface area contributed by atoms with Gasteiger partial charge in [-0.2, -0.15) is 0 Å². The van der Waals surface area contributed by atoms with E-state index < -0.39 is 0 Å². The molecule has 1 aromatic carbocycles. The van der Waals surface area contributed by atoms with Gasteiger partial charge in [0.2, 0.25) is 0 Å². The van der Waals surface area contributed by atoms with Gasteiger partial charge in [-0.3, -0.25) is 0 Å². The van der Waals surface area contributed by atoms with Crippen molar-refractivity contribution in [1.82, 2.24) is 0 Å². The first-order valence-corrected chi connectivity index (χ1v) is 3.72. The number of aryl methyl sites for hydroxylation is 2. The Morgan fingerprint density at radius 1 is 1.10 bits per heavy atom. The lowest BCUT2D eigenvalue weighted by molar-refractivity contribution is 1.33. The van der Waals surface area contributed by atoms with Gasteiger partial charge in [0.05, 0.1) is 0 Å². The summed E-state index contributed by atoms with van der Waals surface area (Å²) in [5.74, 6) is 0. The summed E-state index contributed by atoms with van der Waals surface area (Å²) in [6.45, 7) is 4.22. The summed E-state index contributed by atoms with van der Waals surface area (Å²) in [4.78, 5) is 0. The van der Waals surface area contributed by atoms with E-state index in [0.29, 0.717) is 0 Å². The molecule has 0 aliphatic carbocycles. The first-order valence-electron chi connectivity index (χ1n) is 2.93. The molecule has 0 radical (unpaired) electrons. The minimum Gasteiger partial charge on any atom is -0.0579 e. The molecular formula is C8H11BrMg. The molecular weight excluding hydrogens is 200 g/mol. The van der Waals surface area contributed by atoms with E-state index in [2.05, 4.69) is 48.0 Å². The zero-order chi connectivity index (χ0) is 6.85. The molecule has 0 fully saturated rings. The fraction of sp³-hybridized carbons (Fsp3) is 0.250. The first kappa shape index (κ1) is 10.5. The summed E-state index contributed by atoms with van der Waals surface area (Å²) in [6.07, 6.45) is 0. The largest absolute Gasteiger partial charge is 0.316 e. The molecule has 0 unspecified atom stereocenters. The number of halogens is 1. The minimum atomic E-state index is 0. The Balaban J connectivity index is 0.000000810. The van der Waals surface area contributed by atoms with Crippen LogP contribution in [0.15, 0.2) is 22.7 Å². The van der Waals surface area contributed by atoms with Gasteiger partial charge in [0.15, 0.2) is 0 Å². The van der Waals surface area contributed by atoms with E-state index in [0.717, 1.165) is 4.47 Å². The molecule has 0 bridgehead atoms. The highest BCUT2D eigenvalue weighted by Gasteiger charge is 1.90. The summed E-state index contributed by atoms with van der Waals surface area (Å²) in [6, 6.07) is 6.29. The van der Waals surface area contributed by atoms with Gasteiger partial charge in [-0.1, -0.05) is 22.0 Å². The highest BCUT2D eigenvalue weighted by molar-refractivity contribution is 9.10. The SMILES string of the molecule is Cc1ccc(Br)cc1C.[MgH2]. The molecule has 2 heteroatoms. The quantitative estimate of drug-likeness (QED) is 0.577. The van der Waals surface area contributed by atoms with Crippen molar-refractivity contribution < 1.29 is 0 Å². The summed E-state index contributed by atoms with van der Waals surface area (Å²) in [7, 11) is 0. The molecule has 0 spiro atoms. The van der Waals surface area contributed by atoms with Crippen LogP contribution in [0, 0.1) is 13.8 Å². The normalized spacial score (nSPS) is 8.70. The number of rotatable bonds is 0. The van der Waals surface area contributed by atoms with Gasteiger partial charge < -0.3 is 0 Å². The van der Waals surface area contributed by atoms with Gasteiger partial charge in [-0.15, -0.1) is 0 Å². The third-order valence-corrected chi connectivity index (χ3v) is 1.96. The Morgan fingerprint density at radius 3 is 2.10 bits per heavy atom. The maximum Gasteiger partial charge on any atom is 0.316 e. The van der Waals surface area contributed by atoms with Crippen molar-refractivity contribution in [2.75, 3.05) is 0 Å². The fourth-order valence-electron chi connectivity index (χ4n) is 0.705. The summed E-state index contributed by atoms with van der Waals surface area (Å²) in [5.41, 5.74) is 2.68. The molecule has 1 rings (SSSR count). The number of benzene rings is 1. The van der Waals surface area contributed by atoms with Crippen LogP contribution in [0.4, 0.5) is 0 Å². The van der Waals surface area contributed by atoms with E-state index >= 15 is 0 Å². The smallest absolute Gasteiger partial charge is 0.0579 e. The van der Waals surface area contributed by atoms with Crippen molar-refractivity contribution in [3.8, 4) is 0 Å². The molecule has 0 saturated carbocycles. The van der Waals surface area contributed by atoms with Crippen LogP contribution in [0.25, 0.3) is 0 Å². The van der Waals surface area contributed by atoms with Crippen LogP contribution >= 0.6 is 15.9 Å². The molecule has 0 aliphatic heterocycles. The van der Waals surface area contributed by atoms with Gasteiger partial charge in [0.1, 0.15) is 0 Å². The molecule has 0 amide bonds. The molecule has 0 saturated heterocycles. The van der Waals surface area contributed by atoms with Crippen LogP contribution < -0.4 is 0 Å². The second-order valence-electron chi connectivity index (χ2n) is 2.23. The molecule has 0 heterocycles. The molecule has 0 N–H and O–H groups in total. The average molecular weight is 211 g/mol. The minimum absolute atomic E-state index is 0. The molecule has 10 heavy (non-hydrogen) atoms. The van der Waals surface area contributed by atoms with Crippen molar-refractivity contribution in [2.24, 2.45) is 0 Å². The van der Waals surface area contributed by atoms with Gasteiger partial charge in [0, 0.05) is 4.47 Å². The van der Waals surface area contributed by atoms with E-state index in [1.807, 2.05) is 0 Å². The zero-order valence-corrected chi connectivity index (χ0v) is 7.20. The van der Waals surface area contributed by atoms with E-state index in [1.165, 1.54) is 11.1 Å². The molecule has 1 aromatic rings. The Kier molecular flexibility index (Phi) is 4.57. The van der Waals surface area contributed by atoms with Crippen molar-refractivity contribution >= 4 is 39.0 Å². The lowest BCUT2D eigenvalue weighted by atomic mass is 10.1. The molecule has 52 valence electrons. The Bertz CT molecular complexity index is 220. The standard InChI is InChI=1S/C8H9Br.Mg.2H/c1-6-3-4-8(9)5-7(6)2;;;/h3-5H,1-2H3;;;. The average Bonchev–Trinajstić information content (AvgIpc) is 1.80. The highest BCUT2D eigenvalue weighted by atomic mass is 79.9. The molecule has 0 aliphatic rings. The summed E-state index contributed by atoms with van der Waals surface area (Å²) < 4.78 is 1.16. The van der Waals surface area contributed by atoms with Crippen molar-refractivity contribution in [3.63, 3.8) is 0 Å². The van der Waals surface area contributed by atoms with Crippen LogP contribution in [0.3, 0.4) is 0 Å². The van der Waals surface area contributed by atoms with Crippen LogP contribution in [0.5, 0.6) is 0 Å². The predicted molar refractivity (Wildman–Crippen MR) is 52.2 cm³/mol. The third-order valence-electron chi connectivity index (χ3n) is 1.47. The second-order valence-corrected chi connectivity index (χ2v) is 3.14. The number of hydrogen-bond donors (Lipinski definition) is 0.